The second-order valence-corrected chi connectivity index (χ2v) is 3.69. The lowest BCUT2D eigenvalue weighted by Gasteiger charge is -1.97. The summed E-state index contributed by atoms with van der Waals surface area (Å²) in [6.45, 7) is 4.10. The maximum absolute atomic E-state index is 4.10. The molecule has 3 aromatic rings. The van der Waals surface area contributed by atoms with Gasteiger partial charge in [0.2, 0.25) is 0 Å². The van der Waals surface area contributed by atoms with Gasteiger partial charge in [0.25, 0.3) is 0 Å². The maximum Gasteiger partial charge on any atom is 0.0494 e. The van der Waals surface area contributed by atoms with Crippen molar-refractivity contribution in [2.45, 2.75) is 0 Å². The van der Waals surface area contributed by atoms with Gasteiger partial charge in [-0.25, -0.2) is 0 Å². The number of benzene rings is 2. The van der Waals surface area contributed by atoms with Crippen LogP contribution in [0.15, 0.2) is 36.4 Å². The highest BCUT2D eigenvalue weighted by Crippen LogP contribution is 2.24. The summed E-state index contributed by atoms with van der Waals surface area (Å²) < 4.78 is 2.15. The Kier molecular flexibility index (Phi) is 1.30. The fourth-order valence-corrected chi connectivity index (χ4v) is 2.17. The Morgan fingerprint density at radius 2 is 1.79 bits per heavy atom. The summed E-state index contributed by atoms with van der Waals surface area (Å²) >= 11 is 0. The van der Waals surface area contributed by atoms with Crippen LogP contribution < -0.4 is 5.35 Å². The van der Waals surface area contributed by atoms with Crippen LogP contribution in [-0.4, -0.2) is 4.57 Å². The van der Waals surface area contributed by atoms with Crippen molar-refractivity contribution in [3.05, 3.63) is 41.7 Å². The largest absolute Gasteiger partial charge is 0.344 e. The van der Waals surface area contributed by atoms with E-state index in [0.717, 1.165) is 5.35 Å². The van der Waals surface area contributed by atoms with Crippen LogP contribution in [0.1, 0.15) is 0 Å². The van der Waals surface area contributed by atoms with Crippen LogP contribution in [0.25, 0.3) is 28.3 Å². The number of rotatable bonds is 0. The van der Waals surface area contributed by atoms with Crippen LogP contribution >= 0.6 is 0 Å². The number of nitrogens with zero attached hydrogens (tertiary/aromatic N) is 1. The predicted octanol–water partition coefficient (Wildman–Crippen LogP) is 2.46. The van der Waals surface area contributed by atoms with E-state index in [-0.39, 0.29) is 0 Å². The van der Waals surface area contributed by atoms with Crippen molar-refractivity contribution in [2.24, 2.45) is 7.05 Å². The molecule has 2 aromatic carbocycles. The van der Waals surface area contributed by atoms with Crippen LogP contribution in [-0.2, 0) is 7.05 Å². The average molecular weight is 181 g/mol. The molecule has 0 radical (unpaired) electrons. The Hall–Kier alpha value is -1.76. The van der Waals surface area contributed by atoms with Gasteiger partial charge in [-0.15, -0.1) is 0 Å². The van der Waals surface area contributed by atoms with E-state index in [2.05, 4.69) is 54.6 Å². The molecule has 0 N–H and O–H groups in total. The summed E-state index contributed by atoms with van der Waals surface area (Å²) in [4.78, 5) is 0. The summed E-state index contributed by atoms with van der Waals surface area (Å²) in [7, 11) is 2.07. The van der Waals surface area contributed by atoms with Gasteiger partial charge in [0.15, 0.2) is 0 Å². The molecule has 0 saturated carbocycles. The molecule has 1 heterocycles. The van der Waals surface area contributed by atoms with E-state index in [1.807, 2.05) is 0 Å². The minimum atomic E-state index is 1.09. The highest BCUT2D eigenvalue weighted by molar-refractivity contribution is 6.09. The van der Waals surface area contributed by atoms with Crippen LogP contribution in [0.2, 0.25) is 0 Å². The van der Waals surface area contributed by atoms with Crippen molar-refractivity contribution < 1.29 is 0 Å². The Labute approximate surface area is 82.2 Å². The second kappa shape index (κ2) is 2.38. The highest BCUT2D eigenvalue weighted by atomic mass is 14.9. The quantitative estimate of drug-likeness (QED) is 0.502. The molecule has 0 fully saturated rings. The zero-order chi connectivity index (χ0) is 9.71. The van der Waals surface area contributed by atoms with Gasteiger partial charge in [-0.3, -0.25) is 0 Å². The molecule has 14 heavy (non-hydrogen) atoms. The first-order valence-electron chi connectivity index (χ1n) is 4.74. The van der Waals surface area contributed by atoms with Gasteiger partial charge >= 0.3 is 0 Å². The number of hydrogen-bond donors (Lipinski definition) is 0. The zero-order valence-corrected chi connectivity index (χ0v) is 8.12. The Morgan fingerprint density at radius 3 is 2.57 bits per heavy atom. The Bertz CT molecular complexity index is 656. The van der Waals surface area contributed by atoms with Crippen molar-refractivity contribution in [3.8, 4) is 0 Å². The van der Waals surface area contributed by atoms with Crippen molar-refractivity contribution in [1.29, 1.82) is 0 Å². The first-order valence-corrected chi connectivity index (χ1v) is 4.74. The fourth-order valence-electron chi connectivity index (χ4n) is 2.17. The SMILES string of the molecule is C=c1c2cccc3cccc(c32)n1C. The molecule has 1 nitrogen and oxygen atoms in total. The normalized spacial score (nSPS) is 11.5. The Balaban J connectivity index is 2.83. The molecule has 0 unspecified atom stereocenters. The summed E-state index contributed by atoms with van der Waals surface area (Å²) in [5.41, 5.74) is 1.27. The third kappa shape index (κ3) is 0.746. The van der Waals surface area contributed by atoms with E-state index in [9.17, 15) is 0 Å². The van der Waals surface area contributed by atoms with Crippen LogP contribution in [0.3, 0.4) is 0 Å². The number of hydrogen-bond acceptors (Lipinski definition) is 0. The highest BCUT2D eigenvalue weighted by Gasteiger charge is 2.06. The monoisotopic (exact) mass is 181 g/mol. The molecular weight excluding hydrogens is 170 g/mol. The molecule has 68 valence electrons. The smallest absolute Gasteiger partial charge is 0.0494 e. The molecule has 1 heteroatoms. The van der Waals surface area contributed by atoms with E-state index in [4.69, 9.17) is 0 Å². The van der Waals surface area contributed by atoms with Crippen LogP contribution in [0, 0.1) is 0 Å². The summed E-state index contributed by atoms with van der Waals surface area (Å²) in [5.74, 6) is 0. The molecule has 0 aliphatic rings. The minimum Gasteiger partial charge on any atom is -0.344 e. The third-order valence-electron chi connectivity index (χ3n) is 2.96. The molecule has 0 spiro atoms. The number of aromatic nitrogens is 1. The van der Waals surface area contributed by atoms with Crippen molar-refractivity contribution in [2.75, 3.05) is 0 Å². The topological polar surface area (TPSA) is 4.93 Å². The van der Waals surface area contributed by atoms with Crippen molar-refractivity contribution in [1.82, 2.24) is 4.57 Å². The first-order chi connectivity index (χ1) is 6.79. The maximum atomic E-state index is 4.10. The van der Waals surface area contributed by atoms with Gasteiger partial charge in [-0.1, -0.05) is 36.9 Å². The molecule has 3 rings (SSSR count). The van der Waals surface area contributed by atoms with Crippen molar-refractivity contribution in [3.63, 3.8) is 0 Å². The van der Waals surface area contributed by atoms with E-state index < -0.39 is 0 Å². The van der Waals surface area contributed by atoms with E-state index in [0.29, 0.717) is 0 Å². The van der Waals surface area contributed by atoms with Crippen LogP contribution in [0.5, 0.6) is 0 Å². The van der Waals surface area contributed by atoms with E-state index >= 15 is 0 Å². The van der Waals surface area contributed by atoms with Gasteiger partial charge in [-0.05, 0) is 11.5 Å². The van der Waals surface area contributed by atoms with Gasteiger partial charge in [-0.2, -0.15) is 0 Å². The van der Waals surface area contributed by atoms with Crippen molar-refractivity contribution >= 4 is 28.3 Å². The first kappa shape index (κ1) is 7.63. The lowest BCUT2D eigenvalue weighted by Crippen LogP contribution is -2.09. The van der Waals surface area contributed by atoms with Gasteiger partial charge in [0.1, 0.15) is 0 Å². The minimum absolute atomic E-state index is 1.09. The predicted molar refractivity (Wildman–Crippen MR) is 61.2 cm³/mol. The number of aryl methyl sites for hydroxylation is 1. The van der Waals surface area contributed by atoms with Crippen LogP contribution in [0.4, 0.5) is 0 Å². The fraction of sp³-hybridized carbons (Fsp3) is 0.0769. The molecular formula is C13H11N. The lowest BCUT2D eigenvalue weighted by atomic mass is 10.1. The van der Waals surface area contributed by atoms with Gasteiger partial charge in [0, 0.05) is 28.7 Å². The van der Waals surface area contributed by atoms with Gasteiger partial charge in [0.05, 0.1) is 0 Å². The summed E-state index contributed by atoms with van der Waals surface area (Å²) in [6, 6.07) is 12.8. The molecule has 0 amide bonds. The van der Waals surface area contributed by atoms with Gasteiger partial charge < -0.3 is 4.57 Å². The molecule has 0 aliphatic heterocycles. The average Bonchev–Trinajstić information content (AvgIpc) is 2.47. The molecule has 0 aliphatic carbocycles. The summed E-state index contributed by atoms with van der Waals surface area (Å²) in [5, 5.41) is 4.99. The molecule has 0 saturated heterocycles. The van der Waals surface area contributed by atoms with E-state index in [1.54, 1.807) is 0 Å². The molecule has 0 bridgehead atoms. The van der Waals surface area contributed by atoms with E-state index in [1.165, 1.54) is 21.7 Å². The third-order valence-corrected chi connectivity index (χ3v) is 2.96. The molecule has 1 aromatic heterocycles. The lowest BCUT2D eigenvalue weighted by molar-refractivity contribution is 0.939. The summed E-state index contributed by atoms with van der Waals surface area (Å²) in [6.07, 6.45) is 0. The zero-order valence-electron chi connectivity index (χ0n) is 8.12. The standard InChI is InChI=1S/C13H11N/c1-9-11-7-3-5-10-6-4-8-12(13(10)11)14(9)2/h3-8H,1H2,2H3. The Morgan fingerprint density at radius 1 is 1.07 bits per heavy atom. The second-order valence-electron chi connectivity index (χ2n) is 3.69. The molecule has 0 atom stereocenters.